The molecular formula is C12H13N2O6PS. The minimum Gasteiger partial charge on any atom is -0.462 e. The molecular weight excluding hydrogens is 331 g/mol. The number of hydrogen-bond acceptors (Lipinski definition) is 7. The molecule has 1 fully saturated rings. The van der Waals surface area contributed by atoms with Gasteiger partial charge in [0, 0.05) is 0 Å². The standard InChI is InChI=1S/C12H13N2O6PS/c13-12-14-8(9-7(3-4-19-9)21(16,17)18)10(22-12)11(15)20-5-6-1-2-6/h3-4,6H,1-2,5H2,(H2,13,14)(H2,16,17,18). The topological polar surface area (TPSA) is 136 Å². The number of carbonyl (C=O) groups excluding carboxylic acids is 1. The van der Waals surface area contributed by atoms with E-state index in [0.717, 1.165) is 36.5 Å². The third-order valence-corrected chi connectivity index (χ3v) is 4.99. The van der Waals surface area contributed by atoms with Crippen LogP contribution in [0.15, 0.2) is 16.7 Å². The summed E-state index contributed by atoms with van der Waals surface area (Å²) in [6.07, 6.45) is 3.19. The van der Waals surface area contributed by atoms with Gasteiger partial charge in [0.05, 0.1) is 12.9 Å². The SMILES string of the molecule is Nc1nc(-c2occc2P(=O)(O)O)c(C(=O)OCC2CC2)s1. The fraction of sp³-hybridized carbons (Fsp3) is 0.333. The first-order valence-electron chi connectivity index (χ1n) is 6.43. The monoisotopic (exact) mass is 344 g/mol. The molecule has 1 saturated carbocycles. The number of thiazole rings is 1. The molecule has 118 valence electrons. The van der Waals surface area contributed by atoms with Crippen molar-refractivity contribution < 1.29 is 28.3 Å². The molecule has 0 aromatic carbocycles. The Morgan fingerprint density at radius 2 is 2.27 bits per heavy atom. The Kier molecular flexibility index (Phi) is 3.82. The average molecular weight is 344 g/mol. The molecule has 0 bridgehead atoms. The highest BCUT2D eigenvalue weighted by Gasteiger charge is 2.31. The van der Waals surface area contributed by atoms with Gasteiger partial charge in [-0.1, -0.05) is 11.3 Å². The van der Waals surface area contributed by atoms with Crippen LogP contribution in [-0.4, -0.2) is 27.3 Å². The average Bonchev–Trinajstić information content (AvgIpc) is 2.97. The second-order valence-corrected chi connectivity index (χ2v) is 7.55. The molecule has 10 heteroatoms. The second kappa shape index (κ2) is 5.51. The van der Waals surface area contributed by atoms with E-state index in [1.807, 2.05) is 0 Å². The minimum atomic E-state index is -4.56. The van der Waals surface area contributed by atoms with Gasteiger partial charge in [0.1, 0.15) is 15.9 Å². The summed E-state index contributed by atoms with van der Waals surface area (Å²) >= 11 is 0.891. The van der Waals surface area contributed by atoms with E-state index in [0.29, 0.717) is 12.5 Å². The van der Waals surface area contributed by atoms with Crippen LogP contribution in [0.3, 0.4) is 0 Å². The molecule has 2 aromatic rings. The van der Waals surface area contributed by atoms with Gasteiger partial charge in [0.2, 0.25) is 0 Å². The van der Waals surface area contributed by atoms with Crippen LogP contribution < -0.4 is 11.0 Å². The van der Waals surface area contributed by atoms with Crippen molar-refractivity contribution in [3.63, 3.8) is 0 Å². The quantitative estimate of drug-likeness (QED) is 0.546. The Labute approximate surface area is 129 Å². The Hall–Kier alpha value is -1.67. The summed E-state index contributed by atoms with van der Waals surface area (Å²) in [5.74, 6) is -0.393. The van der Waals surface area contributed by atoms with Crippen molar-refractivity contribution in [2.24, 2.45) is 5.92 Å². The molecule has 4 N–H and O–H groups in total. The summed E-state index contributed by atoms with van der Waals surface area (Å²) in [6.45, 7) is 0.319. The van der Waals surface area contributed by atoms with Gasteiger partial charge in [0.25, 0.3) is 0 Å². The van der Waals surface area contributed by atoms with Crippen molar-refractivity contribution in [1.29, 1.82) is 0 Å². The van der Waals surface area contributed by atoms with Crippen molar-refractivity contribution >= 4 is 35.3 Å². The van der Waals surface area contributed by atoms with Crippen LogP contribution in [-0.2, 0) is 9.30 Å². The number of carbonyl (C=O) groups is 1. The largest absolute Gasteiger partial charge is 0.462 e. The van der Waals surface area contributed by atoms with E-state index in [1.54, 1.807) is 0 Å². The van der Waals surface area contributed by atoms with Gasteiger partial charge in [-0.3, -0.25) is 4.57 Å². The molecule has 0 unspecified atom stereocenters. The van der Waals surface area contributed by atoms with E-state index in [1.165, 1.54) is 0 Å². The second-order valence-electron chi connectivity index (χ2n) is 4.95. The highest BCUT2D eigenvalue weighted by atomic mass is 32.1. The van der Waals surface area contributed by atoms with Crippen molar-refractivity contribution in [2.75, 3.05) is 12.3 Å². The molecule has 1 aliphatic rings. The predicted molar refractivity (Wildman–Crippen MR) is 78.9 cm³/mol. The molecule has 0 atom stereocenters. The normalized spacial score (nSPS) is 15.0. The van der Waals surface area contributed by atoms with Gasteiger partial charge in [-0.25, -0.2) is 9.78 Å². The summed E-state index contributed by atoms with van der Waals surface area (Å²) in [6, 6.07) is 1.14. The summed E-state index contributed by atoms with van der Waals surface area (Å²) in [5, 5.41) is -0.254. The molecule has 2 heterocycles. The van der Waals surface area contributed by atoms with Gasteiger partial charge in [-0.05, 0) is 24.8 Å². The lowest BCUT2D eigenvalue weighted by Gasteiger charge is -2.05. The number of ether oxygens (including phenoxy) is 1. The molecule has 1 aliphatic carbocycles. The number of anilines is 1. The number of hydrogen-bond donors (Lipinski definition) is 3. The lowest BCUT2D eigenvalue weighted by molar-refractivity contribution is 0.0492. The molecule has 0 amide bonds. The lowest BCUT2D eigenvalue weighted by atomic mass is 10.3. The fourth-order valence-electron chi connectivity index (χ4n) is 1.88. The predicted octanol–water partition coefficient (Wildman–Crippen LogP) is 1.36. The highest BCUT2D eigenvalue weighted by molar-refractivity contribution is 7.60. The fourth-order valence-corrected chi connectivity index (χ4v) is 3.28. The maximum atomic E-state index is 12.1. The molecule has 0 aliphatic heterocycles. The Balaban J connectivity index is 1.95. The molecule has 0 spiro atoms. The molecule has 22 heavy (non-hydrogen) atoms. The first kappa shape index (κ1) is 15.2. The summed E-state index contributed by atoms with van der Waals surface area (Å²) in [4.78, 5) is 34.8. The third-order valence-electron chi connectivity index (χ3n) is 3.15. The van der Waals surface area contributed by atoms with Gasteiger partial charge in [-0.15, -0.1) is 0 Å². The Morgan fingerprint density at radius 1 is 1.55 bits per heavy atom. The van der Waals surface area contributed by atoms with Crippen LogP contribution in [0.2, 0.25) is 0 Å². The molecule has 8 nitrogen and oxygen atoms in total. The number of nitrogens with zero attached hydrogens (tertiary/aromatic N) is 1. The maximum Gasteiger partial charge on any atom is 0.360 e. The van der Waals surface area contributed by atoms with Crippen LogP contribution in [0.5, 0.6) is 0 Å². The molecule has 3 rings (SSSR count). The zero-order valence-corrected chi connectivity index (χ0v) is 13.0. The molecule has 0 saturated heterocycles. The van der Waals surface area contributed by atoms with E-state index < -0.39 is 13.6 Å². The highest BCUT2D eigenvalue weighted by Crippen LogP contribution is 2.40. The van der Waals surface area contributed by atoms with Crippen molar-refractivity contribution in [3.05, 3.63) is 17.2 Å². The zero-order valence-electron chi connectivity index (χ0n) is 11.3. The summed E-state index contributed by atoms with van der Waals surface area (Å²) in [5.41, 5.74) is 5.61. The Morgan fingerprint density at radius 3 is 2.91 bits per heavy atom. The van der Waals surface area contributed by atoms with E-state index in [9.17, 15) is 19.1 Å². The maximum absolute atomic E-state index is 12.1. The van der Waals surface area contributed by atoms with Crippen LogP contribution in [0.25, 0.3) is 11.5 Å². The van der Waals surface area contributed by atoms with E-state index in [2.05, 4.69) is 4.98 Å². The van der Waals surface area contributed by atoms with E-state index in [-0.39, 0.29) is 26.8 Å². The number of esters is 1. The van der Waals surface area contributed by atoms with Gasteiger partial charge in [0.15, 0.2) is 10.9 Å². The van der Waals surface area contributed by atoms with Crippen molar-refractivity contribution in [2.45, 2.75) is 12.8 Å². The van der Waals surface area contributed by atoms with Crippen molar-refractivity contribution in [3.8, 4) is 11.5 Å². The number of furan rings is 1. The number of nitrogen functional groups attached to an aromatic ring is 1. The van der Waals surface area contributed by atoms with Crippen LogP contribution in [0.1, 0.15) is 22.5 Å². The van der Waals surface area contributed by atoms with Crippen LogP contribution in [0, 0.1) is 5.92 Å². The summed E-state index contributed by atoms with van der Waals surface area (Å²) in [7, 11) is -4.56. The zero-order chi connectivity index (χ0) is 15.9. The molecule has 0 radical (unpaired) electrons. The van der Waals surface area contributed by atoms with Gasteiger partial charge < -0.3 is 24.7 Å². The van der Waals surface area contributed by atoms with E-state index >= 15 is 0 Å². The lowest BCUT2D eigenvalue weighted by Crippen LogP contribution is -2.09. The minimum absolute atomic E-state index is 0.00776. The number of nitrogens with two attached hydrogens (primary N) is 1. The van der Waals surface area contributed by atoms with Gasteiger partial charge in [-0.2, -0.15) is 0 Å². The van der Waals surface area contributed by atoms with Crippen LogP contribution >= 0.6 is 18.9 Å². The Bertz CT molecular complexity index is 760. The van der Waals surface area contributed by atoms with E-state index in [4.69, 9.17) is 14.9 Å². The smallest absolute Gasteiger partial charge is 0.360 e. The van der Waals surface area contributed by atoms with Gasteiger partial charge >= 0.3 is 13.6 Å². The number of aromatic nitrogens is 1. The first-order chi connectivity index (χ1) is 10.4. The third kappa shape index (κ3) is 3.07. The molecule has 2 aromatic heterocycles. The van der Waals surface area contributed by atoms with Crippen molar-refractivity contribution in [1.82, 2.24) is 4.98 Å². The summed E-state index contributed by atoms with van der Waals surface area (Å²) < 4.78 is 21.7. The van der Waals surface area contributed by atoms with Crippen LogP contribution in [0.4, 0.5) is 5.13 Å². The first-order valence-corrected chi connectivity index (χ1v) is 8.86. The number of rotatable bonds is 5.